The van der Waals surface area contributed by atoms with Gasteiger partial charge < -0.3 is 4.74 Å². The topological polar surface area (TPSA) is 33.0 Å². The van der Waals surface area contributed by atoms with Crippen molar-refractivity contribution >= 4 is 0 Å². The van der Waals surface area contributed by atoms with Crippen LogP contribution >= 0.6 is 0 Å². The Labute approximate surface area is 188 Å². The largest absolute Gasteiger partial charge is 0.360 e. The van der Waals surface area contributed by atoms with E-state index >= 15 is 0 Å². The Bertz CT molecular complexity index is 938. The molecule has 0 aliphatic heterocycles. The molecule has 1 saturated carbocycles. The van der Waals surface area contributed by atoms with Gasteiger partial charge in [0.25, 0.3) is 0 Å². The highest BCUT2D eigenvalue weighted by Crippen LogP contribution is 2.37. The molecule has 0 bridgehead atoms. The van der Waals surface area contributed by atoms with Gasteiger partial charge in [-0.05, 0) is 86.1 Å². The van der Waals surface area contributed by atoms with Crippen molar-refractivity contribution in [2.24, 2.45) is 5.92 Å². The maximum Gasteiger partial charge on any atom is 0.360 e. The number of rotatable bonds is 9. The van der Waals surface area contributed by atoms with Crippen LogP contribution in [0.1, 0.15) is 73.6 Å². The molecule has 170 valence electrons. The fraction of sp³-hybridized carbons (Fsp3) is 0.444. The molecule has 3 rings (SSSR count). The second kappa shape index (κ2) is 11.3. The first-order chi connectivity index (χ1) is 15.4. The summed E-state index contributed by atoms with van der Waals surface area (Å²) in [6, 6.07) is 12.9. The summed E-state index contributed by atoms with van der Waals surface area (Å²) in [7, 11) is 0. The zero-order chi connectivity index (χ0) is 23.0. The Morgan fingerprint density at radius 1 is 1.06 bits per heavy atom. The van der Waals surface area contributed by atoms with Gasteiger partial charge in [-0.15, -0.1) is 0 Å². The van der Waals surface area contributed by atoms with Crippen LogP contribution in [0, 0.1) is 23.1 Å². The predicted octanol–water partition coefficient (Wildman–Crippen LogP) is 7.68. The first kappa shape index (κ1) is 24.1. The third-order valence-corrected chi connectivity index (χ3v) is 6.29. The zero-order valence-corrected chi connectivity index (χ0v) is 18.5. The molecular weight excluding hydrogens is 411 g/mol. The standard InChI is InChI=1S/C27H30F3NO/c1-2-3-4-5-20-6-11-23(12-7-20)24-13-8-21(9-14-24)19-32-27(29,30)17-22-10-15-25(18-31)26(28)16-22/h2-3,8-10,13-16,20,23H,4-7,11-12,17,19H2,1H3/b3-2+. The van der Waals surface area contributed by atoms with E-state index < -0.39 is 18.3 Å². The van der Waals surface area contributed by atoms with Gasteiger partial charge in [0, 0.05) is 0 Å². The lowest BCUT2D eigenvalue weighted by Gasteiger charge is -2.28. The van der Waals surface area contributed by atoms with Crippen molar-refractivity contribution in [1.29, 1.82) is 5.26 Å². The molecule has 0 unspecified atom stereocenters. The Balaban J connectivity index is 1.48. The summed E-state index contributed by atoms with van der Waals surface area (Å²) < 4.78 is 46.9. The molecule has 0 aromatic heterocycles. The van der Waals surface area contributed by atoms with Crippen molar-refractivity contribution in [2.45, 2.75) is 70.5 Å². The lowest BCUT2D eigenvalue weighted by atomic mass is 9.77. The SMILES string of the molecule is C/C=C/CCC1CCC(c2ccc(COC(F)(F)Cc3ccc(C#N)c(F)c3)cc2)CC1. The van der Waals surface area contributed by atoms with Gasteiger partial charge in [0.2, 0.25) is 0 Å². The number of hydrogen-bond donors (Lipinski definition) is 0. The van der Waals surface area contributed by atoms with Crippen molar-refractivity contribution in [1.82, 2.24) is 0 Å². The van der Waals surface area contributed by atoms with Gasteiger partial charge in [-0.1, -0.05) is 42.5 Å². The molecule has 0 amide bonds. The van der Waals surface area contributed by atoms with E-state index in [1.54, 1.807) is 6.07 Å². The maximum absolute atomic E-state index is 14.2. The van der Waals surface area contributed by atoms with Crippen molar-refractivity contribution in [2.75, 3.05) is 0 Å². The number of nitrogens with zero attached hydrogens (tertiary/aromatic N) is 1. The molecule has 2 aromatic carbocycles. The molecule has 2 nitrogen and oxygen atoms in total. The quantitative estimate of drug-likeness (QED) is 0.374. The molecular formula is C27H30F3NO. The first-order valence-electron chi connectivity index (χ1n) is 11.3. The Hall–Kier alpha value is -2.58. The summed E-state index contributed by atoms with van der Waals surface area (Å²) in [5, 5.41) is 8.74. The number of ether oxygens (including phenoxy) is 1. The number of alkyl halides is 2. The molecule has 2 aromatic rings. The van der Waals surface area contributed by atoms with Crippen LogP contribution in [0.15, 0.2) is 54.6 Å². The molecule has 1 aliphatic rings. The van der Waals surface area contributed by atoms with Crippen molar-refractivity contribution in [3.8, 4) is 6.07 Å². The van der Waals surface area contributed by atoms with E-state index in [1.165, 1.54) is 49.8 Å². The van der Waals surface area contributed by atoms with Crippen LogP contribution in [0.3, 0.4) is 0 Å². The summed E-state index contributed by atoms with van der Waals surface area (Å²) in [6.45, 7) is 1.84. The Morgan fingerprint density at radius 2 is 1.75 bits per heavy atom. The van der Waals surface area contributed by atoms with Crippen LogP contribution in [0.5, 0.6) is 0 Å². The van der Waals surface area contributed by atoms with Crippen LogP contribution in [0.25, 0.3) is 0 Å². The van der Waals surface area contributed by atoms with E-state index in [9.17, 15) is 13.2 Å². The number of hydrogen-bond acceptors (Lipinski definition) is 2. The average molecular weight is 442 g/mol. The second-order valence-corrected chi connectivity index (χ2v) is 8.63. The van der Waals surface area contributed by atoms with Gasteiger partial charge in [0.05, 0.1) is 18.6 Å². The minimum absolute atomic E-state index is 0.0863. The third-order valence-electron chi connectivity index (χ3n) is 6.29. The highest BCUT2D eigenvalue weighted by Gasteiger charge is 2.31. The number of halogens is 3. The van der Waals surface area contributed by atoms with E-state index in [0.717, 1.165) is 18.4 Å². The van der Waals surface area contributed by atoms with E-state index in [0.29, 0.717) is 11.5 Å². The smallest absolute Gasteiger partial charge is 0.315 e. The van der Waals surface area contributed by atoms with Crippen LogP contribution in [-0.4, -0.2) is 6.11 Å². The highest BCUT2D eigenvalue weighted by molar-refractivity contribution is 5.33. The Kier molecular flexibility index (Phi) is 8.53. The van der Waals surface area contributed by atoms with Gasteiger partial charge in [-0.25, -0.2) is 4.39 Å². The fourth-order valence-electron chi connectivity index (χ4n) is 4.41. The van der Waals surface area contributed by atoms with E-state index in [2.05, 4.69) is 19.1 Å². The summed E-state index contributed by atoms with van der Waals surface area (Å²) >= 11 is 0. The van der Waals surface area contributed by atoms with Crippen molar-refractivity contribution in [3.63, 3.8) is 0 Å². The maximum atomic E-state index is 14.2. The molecule has 1 aliphatic carbocycles. The number of nitriles is 1. The minimum atomic E-state index is -3.43. The molecule has 0 radical (unpaired) electrons. The van der Waals surface area contributed by atoms with Gasteiger partial charge in [-0.3, -0.25) is 0 Å². The molecule has 0 spiro atoms. The van der Waals surface area contributed by atoms with Crippen LogP contribution in [0.4, 0.5) is 13.2 Å². The Morgan fingerprint density at radius 3 is 2.38 bits per heavy atom. The monoisotopic (exact) mass is 441 g/mol. The lowest BCUT2D eigenvalue weighted by Crippen LogP contribution is -2.24. The van der Waals surface area contributed by atoms with Gasteiger partial charge in [-0.2, -0.15) is 14.0 Å². The number of allylic oxidation sites excluding steroid dienone is 2. The molecule has 5 heteroatoms. The zero-order valence-electron chi connectivity index (χ0n) is 18.5. The van der Waals surface area contributed by atoms with Crippen molar-refractivity contribution in [3.05, 3.63) is 82.7 Å². The van der Waals surface area contributed by atoms with Crippen LogP contribution in [0.2, 0.25) is 0 Å². The van der Waals surface area contributed by atoms with Gasteiger partial charge >= 0.3 is 6.11 Å². The minimum Gasteiger partial charge on any atom is -0.315 e. The predicted molar refractivity (Wildman–Crippen MR) is 120 cm³/mol. The second-order valence-electron chi connectivity index (χ2n) is 8.63. The lowest BCUT2D eigenvalue weighted by molar-refractivity contribution is -0.244. The molecule has 1 fully saturated rings. The average Bonchev–Trinajstić information content (AvgIpc) is 2.79. The van der Waals surface area contributed by atoms with Gasteiger partial charge in [0.15, 0.2) is 0 Å². The van der Waals surface area contributed by atoms with E-state index in [-0.39, 0.29) is 17.7 Å². The van der Waals surface area contributed by atoms with Gasteiger partial charge in [0.1, 0.15) is 11.9 Å². The van der Waals surface area contributed by atoms with Crippen LogP contribution < -0.4 is 0 Å². The highest BCUT2D eigenvalue weighted by atomic mass is 19.3. The summed E-state index contributed by atoms with van der Waals surface area (Å²) in [4.78, 5) is 0. The van der Waals surface area contributed by atoms with E-state index in [1.807, 2.05) is 24.3 Å². The fourth-order valence-corrected chi connectivity index (χ4v) is 4.41. The van der Waals surface area contributed by atoms with Crippen molar-refractivity contribution < 1.29 is 17.9 Å². The summed E-state index contributed by atoms with van der Waals surface area (Å²) in [5.41, 5.74) is 1.86. The molecule has 0 saturated heterocycles. The van der Waals surface area contributed by atoms with E-state index in [4.69, 9.17) is 10.00 Å². The summed E-state index contributed by atoms with van der Waals surface area (Å²) in [6.07, 6.45) is 7.44. The molecule has 0 heterocycles. The molecule has 32 heavy (non-hydrogen) atoms. The molecule has 0 N–H and O–H groups in total. The normalized spacial score (nSPS) is 19.2. The molecule has 0 atom stereocenters. The third kappa shape index (κ3) is 6.97. The van der Waals surface area contributed by atoms with Crippen LogP contribution in [-0.2, 0) is 17.8 Å². The first-order valence-corrected chi connectivity index (χ1v) is 11.3. The summed E-state index contributed by atoms with van der Waals surface area (Å²) in [5.74, 6) is 0.542. The number of benzene rings is 2.